The van der Waals surface area contributed by atoms with Gasteiger partial charge in [-0.2, -0.15) is 13.8 Å². The van der Waals surface area contributed by atoms with E-state index in [1.165, 1.54) is 6.26 Å². The third-order valence-electron chi connectivity index (χ3n) is 2.10. The molecule has 0 unspecified atom stereocenters. The number of rotatable bonds is 8. The molecular formula is C11H16F4N2O2. The fraction of sp³-hybridized carbons (Fsp3) is 0.727. The minimum atomic E-state index is -4.22. The molecular weight excluding hydrogens is 268 g/mol. The molecule has 1 N–H and O–H groups in total. The molecule has 0 saturated heterocycles. The van der Waals surface area contributed by atoms with Crippen molar-refractivity contribution in [2.45, 2.75) is 32.7 Å². The highest BCUT2D eigenvalue weighted by Gasteiger charge is 2.42. The van der Waals surface area contributed by atoms with E-state index >= 15 is 0 Å². The number of aromatic nitrogens is 1. The molecule has 0 saturated carbocycles. The van der Waals surface area contributed by atoms with Gasteiger partial charge >= 0.3 is 18.4 Å². The first-order chi connectivity index (χ1) is 8.81. The predicted octanol–water partition coefficient (Wildman–Crippen LogP) is 2.70. The summed E-state index contributed by atoms with van der Waals surface area (Å²) >= 11 is 0. The summed E-state index contributed by atoms with van der Waals surface area (Å²) < 4.78 is 58.0. The molecule has 0 aromatic carbocycles. The van der Waals surface area contributed by atoms with Gasteiger partial charge in [0.05, 0.1) is 5.69 Å². The molecule has 0 aliphatic carbocycles. The molecule has 0 radical (unpaired) electrons. The molecule has 110 valence electrons. The van der Waals surface area contributed by atoms with Crippen LogP contribution in [0.1, 0.15) is 19.5 Å². The van der Waals surface area contributed by atoms with E-state index in [1.807, 2.05) is 13.8 Å². The molecule has 8 heteroatoms. The highest BCUT2D eigenvalue weighted by Crippen LogP contribution is 2.24. The van der Waals surface area contributed by atoms with E-state index in [0.29, 0.717) is 18.2 Å². The van der Waals surface area contributed by atoms with Crippen molar-refractivity contribution in [1.29, 1.82) is 0 Å². The molecule has 0 atom stereocenters. The van der Waals surface area contributed by atoms with Crippen LogP contribution in [0.3, 0.4) is 0 Å². The highest BCUT2D eigenvalue weighted by molar-refractivity contribution is 4.99. The fourth-order valence-corrected chi connectivity index (χ4v) is 1.15. The lowest BCUT2D eigenvalue weighted by molar-refractivity contribution is -0.151. The second-order valence-electron chi connectivity index (χ2n) is 4.48. The van der Waals surface area contributed by atoms with Crippen LogP contribution >= 0.6 is 0 Å². The zero-order valence-electron chi connectivity index (χ0n) is 10.6. The maximum Gasteiger partial charge on any atom is 0.393 e. The maximum atomic E-state index is 12.6. The Labute approximate surface area is 108 Å². The summed E-state index contributed by atoms with van der Waals surface area (Å²) in [7, 11) is 0. The van der Waals surface area contributed by atoms with Crippen LogP contribution in [0.25, 0.3) is 0 Å². The molecule has 1 aromatic heterocycles. The number of hydrogen-bond acceptors (Lipinski definition) is 4. The molecule has 0 amide bonds. The summed E-state index contributed by atoms with van der Waals surface area (Å²) in [6, 6.07) is 0. The number of nitrogens with zero attached hydrogens (tertiary/aromatic N) is 1. The van der Waals surface area contributed by atoms with E-state index in [2.05, 4.69) is 15.0 Å². The van der Waals surface area contributed by atoms with Gasteiger partial charge in [-0.15, -0.1) is 0 Å². The van der Waals surface area contributed by atoms with Crippen molar-refractivity contribution in [3.63, 3.8) is 0 Å². The topological polar surface area (TPSA) is 47.3 Å². The van der Waals surface area contributed by atoms with E-state index < -0.39 is 25.0 Å². The zero-order valence-corrected chi connectivity index (χ0v) is 10.6. The Morgan fingerprint density at radius 1 is 1.42 bits per heavy atom. The van der Waals surface area contributed by atoms with Crippen LogP contribution in [-0.2, 0) is 6.54 Å². The molecule has 0 aliphatic rings. The number of hydrogen-bond donors (Lipinski definition) is 1. The van der Waals surface area contributed by atoms with Gasteiger partial charge in [0.25, 0.3) is 0 Å². The van der Waals surface area contributed by atoms with Crippen molar-refractivity contribution in [3.8, 4) is 6.08 Å². The van der Waals surface area contributed by atoms with Gasteiger partial charge in [0.2, 0.25) is 0 Å². The summed E-state index contributed by atoms with van der Waals surface area (Å²) in [6.07, 6.45) is -3.00. The van der Waals surface area contributed by atoms with Crippen molar-refractivity contribution < 1.29 is 26.7 Å². The Hall–Kier alpha value is -1.31. The van der Waals surface area contributed by atoms with Gasteiger partial charge in [0, 0.05) is 6.54 Å². The predicted molar refractivity (Wildman–Crippen MR) is 59.5 cm³/mol. The molecule has 1 heterocycles. The highest BCUT2D eigenvalue weighted by atomic mass is 19.3. The van der Waals surface area contributed by atoms with Gasteiger partial charge in [0.15, 0.2) is 6.61 Å². The average Bonchev–Trinajstić information content (AvgIpc) is 2.74. The Morgan fingerprint density at radius 3 is 2.68 bits per heavy atom. The fourth-order valence-electron chi connectivity index (χ4n) is 1.15. The van der Waals surface area contributed by atoms with E-state index in [0.717, 1.165) is 6.54 Å². The first-order valence-corrected chi connectivity index (χ1v) is 5.75. The monoisotopic (exact) mass is 284 g/mol. The maximum absolute atomic E-state index is 12.6. The SMILES string of the molecule is CC(C)CNCc1coc(OCC(F)(F)C(F)F)n1. The Bertz CT molecular complexity index is 383. The van der Waals surface area contributed by atoms with E-state index in [4.69, 9.17) is 4.42 Å². The van der Waals surface area contributed by atoms with E-state index in [9.17, 15) is 17.6 Å². The summed E-state index contributed by atoms with van der Waals surface area (Å²) in [5.74, 6) is -3.77. The lowest BCUT2D eigenvalue weighted by Gasteiger charge is -2.13. The van der Waals surface area contributed by atoms with Crippen LogP contribution < -0.4 is 10.1 Å². The number of alkyl halides is 4. The zero-order chi connectivity index (χ0) is 14.5. The quantitative estimate of drug-likeness (QED) is 0.746. The first-order valence-electron chi connectivity index (χ1n) is 5.75. The third kappa shape index (κ3) is 5.46. The van der Waals surface area contributed by atoms with Gasteiger partial charge in [0.1, 0.15) is 6.26 Å². The standard InChI is InChI=1S/C11H16F4N2O2/c1-7(2)3-16-4-8-5-18-10(17-8)19-6-11(14,15)9(12)13/h5,7,9,16H,3-4,6H2,1-2H3. The van der Waals surface area contributed by atoms with Gasteiger partial charge in [-0.3, -0.25) is 0 Å². The van der Waals surface area contributed by atoms with Crippen LogP contribution in [0.5, 0.6) is 6.08 Å². The Morgan fingerprint density at radius 2 is 2.11 bits per heavy atom. The molecule has 0 spiro atoms. The van der Waals surface area contributed by atoms with E-state index in [1.54, 1.807) is 0 Å². The van der Waals surface area contributed by atoms with Crippen LogP contribution in [0.4, 0.5) is 17.6 Å². The molecule has 19 heavy (non-hydrogen) atoms. The molecule has 0 aliphatic heterocycles. The van der Waals surface area contributed by atoms with Crippen molar-refractivity contribution in [2.75, 3.05) is 13.2 Å². The number of nitrogens with one attached hydrogen (secondary N) is 1. The second kappa shape index (κ2) is 6.74. The second-order valence-corrected chi connectivity index (χ2v) is 4.48. The summed E-state index contributed by atoms with van der Waals surface area (Å²) in [6.45, 7) is 3.72. The van der Waals surface area contributed by atoms with Crippen LogP contribution in [0.15, 0.2) is 10.7 Å². The third-order valence-corrected chi connectivity index (χ3v) is 2.10. The van der Waals surface area contributed by atoms with Gasteiger partial charge < -0.3 is 14.5 Å². The van der Waals surface area contributed by atoms with Crippen molar-refractivity contribution in [3.05, 3.63) is 12.0 Å². The first kappa shape index (κ1) is 15.7. The number of oxazole rings is 1. The summed E-state index contributed by atoms with van der Waals surface area (Å²) in [5, 5.41) is 3.06. The Balaban J connectivity index is 2.38. The lowest BCUT2D eigenvalue weighted by Crippen LogP contribution is -2.33. The summed E-state index contributed by atoms with van der Waals surface area (Å²) in [5.41, 5.74) is 0.455. The van der Waals surface area contributed by atoms with Crippen molar-refractivity contribution in [2.24, 2.45) is 5.92 Å². The molecule has 4 nitrogen and oxygen atoms in total. The average molecular weight is 284 g/mol. The normalized spacial score (nSPS) is 12.4. The van der Waals surface area contributed by atoms with Crippen LogP contribution in [0, 0.1) is 5.92 Å². The molecule has 1 rings (SSSR count). The largest absolute Gasteiger partial charge is 0.444 e. The van der Waals surface area contributed by atoms with Gasteiger partial charge in [-0.25, -0.2) is 8.78 Å². The minimum Gasteiger partial charge on any atom is -0.444 e. The van der Waals surface area contributed by atoms with Crippen LogP contribution in [0.2, 0.25) is 0 Å². The summed E-state index contributed by atoms with van der Waals surface area (Å²) in [4.78, 5) is 3.74. The minimum absolute atomic E-state index is 0.385. The lowest BCUT2D eigenvalue weighted by atomic mass is 10.2. The Kier molecular flexibility index (Phi) is 5.59. The smallest absolute Gasteiger partial charge is 0.393 e. The molecule has 0 bridgehead atoms. The van der Waals surface area contributed by atoms with E-state index in [-0.39, 0.29) is 0 Å². The number of ether oxygens (including phenoxy) is 1. The molecule has 1 aromatic rings. The molecule has 0 fully saturated rings. The van der Waals surface area contributed by atoms with Gasteiger partial charge in [-0.05, 0) is 12.5 Å². The van der Waals surface area contributed by atoms with Crippen molar-refractivity contribution >= 4 is 0 Å². The van der Waals surface area contributed by atoms with Crippen LogP contribution in [-0.4, -0.2) is 30.5 Å². The van der Waals surface area contributed by atoms with Gasteiger partial charge in [-0.1, -0.05) is 13.8 Å². The van der Waals surface area contributed by atoms with Crippen molar-refractivity contribution in [1.82, 2.24) is 10.3 Å². The number of halogens is 4.